The average Bonchev–Trinajstić information content (AvgIpc) is 2.52. The molecule has 0 aliphatic rings. The molecule has 1 aromatic carbocycles. The van der Waals surface area contributed by atoms with Gasteiger partial charge in [0, 0.05) is 6.54 Å². The van der Waals surface area contributed by atoms with Gasteiger partial charge >= 0.3 is 0 Å². The fourth-order valence-electron chi connectivity index (χ4n) is 1.81. The van der Waals surface area contributed by atoms with Crippen molar-refractivity contribution in [2.75, 3.05) is 19.0 Å². The van der Waals surface area contributed by atoms with Crippen LogP contribution in [-0.4, -0.2) is 23.7 Å². The molecule has 8 heteroatoms. The van der Waals surface area contributed by atoms with Gasteiger partial charge in [-0.3, -0.25) is 0 Å². The summed E-state index contributed by atoms with van der Waals surface area (Å²) < 4.78 is 57.7. The van der Waals surface area contributed by atoms with E-state index in [9.17, 15) is 22.7 Å². The Hall–Kier alpha value is -2.35. The first-order valence-corrected chi connectivity index (χ1v) is 6.20. The van der Waals surface area contributed by atoms with Crippen LogP contribution in [0.25, 0.3) is 0 Å². The smallest absolute Gasteiger partial charge is 0.253 e. The number of hydrogen-bond acceptors (Lipinski definition) is 4. The standard InChI is InChI=1S/C14H12F4N2O2/c1-22-8-4-2-3-7(5-8)9(21)6-19-12-10(15)13(17)20-14(18)11(12)16/h2-5,9,21H,6H2,1H3,(H,19,20). The molecule has 0 radical (unpaired) electrons. The lowest BCUT2D eigenvalue weighted by atomic mass is 10.1. The molecule has 0 aliphatic carbocycles. The second-order valence-electron chi connectivity index (χ2n) is 4.37. The fourth-order valence-corrected chi connectivity index (χ4v) is 1.81. The maximum Gasteiger partial charge on any atom is 0.253 e. The first-order valence-electron chi connectivity index (χ1n) is 6.20. The van der Waals surface area contributed by atoms with Gasteiger partial charge in [-0.05, 0) is 17.7 Å². The zero-order chi connectivity index (χ0) is 16.3. The van der Waals surface area contributed by atoms with Gasteiger partial charge in [0.2, 0.25) is 11.6 Å². The minimum Gasteiger partial charge on any atom is -0.497 e. The third-order valence-corrected chi connectivity index (χ3v) is 2.95. The van der Waals surface area contributed by atoms with E-state index in [0.29, 0.717) is 11.3 Å². The Morgan fingerprint density at radius 3 is 2.41 bits per heavy atom. The quantitative estimate of drug-likeness (QED) is 0.658. The molecular weight excluding hydrogens is 304 g/mol. The van der Waals surface area contributed by atoms with Crippen molar-refractivity contribution in [2.24, 2.45) is 0 Å². The van der Waals surface area contributed by atoms with E-state index >= 15 is 0 Å². The average molecular weight is 316 g/mol. The summed E-state index contributed by atoms with van der Waals surface area (Å²) in [5, 5.41) is 12.1. The number of aliphatic hydroxyl groups excluding tert-OH is 1. The summed E-state index contributed by atoms with van der Waals surface area (Å²) in [6, 6.07) is 6.35. The summed E-state index contributed by atoms with van der Waals surface area (Å²) in [7, 11) is 1.44. The second-order valence-corrected chi connectivity index (χ2v) is 4.37. The van der Waals surface area contributed by atoms with Crippen LogP contribution in [0.1, 0.15) is 11.7 Å². The molecule has 1 atom stereocenters. The molecule has 22 heavy (non-hydrogen) atoms. The molecule has 0 aliphatic heterocycles. The number of nitrogens with zero attached hydrogens (tertiary/aromatic N) is 1. The third kappa shape index (κ3) is 3.28. The second kappa shape index (κ2) is 6.61. The van der Waals surface area contributed by atoms with Crippen molar-refractivity contribution in [2.45, 2.75) is 6.10 Å². The van der Waals surface area contributed by atoms with E-state index in [1.807, 2.05) is 0 Å². The zero-order valence-electron chi connectivity index (χ0n) is 11.4. The van der Waals surface area contributed by atoms with Crippen molar-refractivity contribution < 1.29 is 27.4 Å². The SMILES string of the molecule is COc1cccc(C(O)CNc2c(F)c(F)nc(F)c2F)c1. The van der Waals surface area contributed by atoms with E-state index in [2.05, 4.69) is 10.3 Å². The third-order valence-electron chi connectivity index (χ3n) is 2.95. The Labute approximate surface area is 123 Å². The molecule has 118 valence electrons. The summed E-state index contributed by atoms with van der Waals surface area (Å²) >= 11 is 0. The highest BCUT2D eigenvalue weighted by molar-refractivity contribution is 5.45. The summed E-state index contributed by atoms with van der Waals surface area (Å²) in [5.41, 5.74) is -0.616. The fraction of sp³-hybridized carbons (Fsp3) is 0.214. The van der Waals surface area contributed by atoms with Crippen LogP contribution in [0, 0.1) is 23.5 Å². The Morgan fingerprint density at radius 2 is 1.82 bits per heavy atom. The Morgan fingerprint density at radius 1 is 1.18 bits per heavy atom. The summed E-state index contributed by atoms with van der Waals surface area (Å²) in [6.07, 6.45) is -1.17. The van der Waals surface area contributed by atoms with Gasteiger partial charge in [0.1, 0.15) is 11.4 Å². The van der Waals surface area contributed by atoms with Crippen molar-refractivity contribution in [3.8, 4) is 5.75 Å². The molecule has 1 unspecified atom stereocenters. The van der Waals surface area contributed by atoms with E-state index < -0.39 is 35.3 Å². The Kier molecular flexibility index (Phi) is 4.81. The van der Waals surface area contributed by atoms with Crippen LogP contribution in [0.5, 0.6) is 5.75 Å². The number of benzene rings is 1. The number of aliphatic hydroxyl groups is 1. The van der Waals surface area contributed by atoms with Crippen molar-refractivity contribution >= 4 is 5.69 Å². The minimum atomic E-state index is -1.77. The molecule has 0 amide bonds. The zero-order valence-corrected chi connectivity index (χ0v) is 11.4. The molecule has 0 bridgehead atoms. The topological polar surface area (TPSA) is 54.4 Å². The lowest BCUT2D eigenvalue weighted by Gasteiger charge is -2.15. The van der Waals surface area contributed by atoms with Crippen LogP contribution >= 0.6 is 0 Å². The molecule has 4 nitrogen and oxygen atoms in total. The van der Waals surface area contributed by atoms with Crippen LogP contribution in [0.4, 0.5) is 23.2 Å². The van der Waals surface area contributed by atoms with Crippen LogP contribution in [-0.2, 0) is 0 Å². The van der Waals surface area contributed by atoms with E-state index in [-0.39, 0.29) is 6.54 Å². The van der Waals surface area contributed by atoms with Gasteiger partial charge in [0.15, 0.2) is 0 Å². The highest BCUT2D eigenvalue weighted by Gasteiger charge is 2.21. The molecule has 2 rings (SSSR count). The van der Waals surface area contributed by atoms with Gasteiger partial charge in [-0.15, -0.1) is 0 Å². The molecule has 0 saturated carbocycles. The van der Waals surface area contributed by atoms with Gasteiger partial charge in [0.05, 0.1) is 13.2 Å². The first-order chi connectivity index (χ1) is 10.4. The Balaban J connectivity index is 2.16. The monoisotopic (exact) mass is 316 g/mol. The summed E-state index contributed by atoms with van der Waals surface area (Å²) in [5.74, 6) is -6.36. The molecule has 0 saturated heterocycles. The minimum absolute atomic E-state index is 0.371. The van der Waals surface area contributed by atoms with E-state index in [4.69, 9.17) is 4.74 Å². The summed E-state index contributed by atoms with van der Waals surface area (Å²) in [6.45, 7) is -0.371. The largest absolute Gasteiger partial charge is 0.497 e. The number of aromatic nitrogens is 1. The molecular formula is C14H12F4N2O2. The van der Waals surface area contributed by atoms with E-state index in [1.165, 1.54) is 13.2 Å². The van der Waals surface area contributed by atoms with Crippen LogP contribution in [0.3, 0.4) is 0 Å². The van der Waals surface area contributed by atoms with Crippen molar-refractivity contribution in [3.05, 3.63) is 53.4 Å². The Bertz CT molecular complexity index is 656. The molecule has 0 spiro atoms. The van der Waals surface area contributed by atoms with Gasteiger partial charge < -0.3 is 15.2 Å². The van der Waals surface area contributed by atoms with Crippen LogP contribution in [0.2, 0.25) is 0 Å². The molecule has 2 N–H and O–H groups in total. The van der Waals surface area contributed by atoms with Crippen molar-refractivity contribution in [3.63, 3.8) is 0 Å². The number of pyridine rings is 1. The number of halogens is 4. The van der Waals surface area contributed by atoms with E-state index in [1.54, 1.807) is 18.2 Å². The lowest BCUT2D eigenvalue weighted by molar-refractivity contribution is 0.191. The molecule has 1 aromatic heterocycles. The number of ether oxygens (including phenoxy) is 1. The van der Waals surface area contributed by atoms with Crippen LogP contribution in [0.15, 0.2) is 24.3 Å². The van der Waals surface area contributed by atoms with E-state index in [0.717, 1.165) is 0 Å². The van der Waals surface area contributed by atoms with Gasteiger partial charge in [-0.1, -0.05) is 12.1 Å². The molecule has 0 fully saturated rings. The predicted molar refractivity (Wildman–Crippen MR) is 70.5 cm³/mol. The number of hydrogen-bond donors (Lipinski definition) is 2. The number of methoxy groups -OCH3 is 1. The highest BCUT2D eigenvalue weighted by Crippen LogP contribution is 2.24. The van der Waals surface area contributed by atoms with Gasteiger partial charge in [-0.2, -0.15) is 22.5 Å². The highest BCUT2D eigenvalue weighted by atomic mass is 19.2. The van der Waals surface area contributed by atoms with Gasteiger partial charge in [-0.25, -0.2) is 0 Å². The predicted octanol–water partition coefficient (Wildman–Crippen LogP) is 2.79. The first kappa shape index (κ1) is 16.0. The van der Waals surface area contributed by atoms with Crippen molar-refractivity contribution in [1.82, 2.24) is 4.98 Å². The summed E-state index contributed by atoms with van der Waals surface area (Å²) in [4.78, 5) is 2.44. The van der Waals surface area contributed by atoms with Gasteiger partial charge in [0.25, 0.3) is 11.9 Å². The normalized spacial score (nSPS) is 12.1. The van der Waals surface area contributed by atoms with Crippen molar-refractivity contribution in [1.29, 1.82) is 0 Å². The maximum atomic E-state index is 13.4. The van der Waals surface area contributed by atoms with Crippen LogP contribution < -0.4 is 10.1 Å². The molecule has 2 aromatic rings. The number of rotatable bonds is 5. The maximum absolute atomic E-state index is 13.4. The lowest BCUT2D eigenvalue weighted by Crippen LogP contribution is -2.16. The molecule has 1 heterocycles. The number of anilines is 1. The number of nitrogens with one attached hydrogen (secondary N) is 1.